The van der Waals surface area contributed by atoms with Crippen LogP contribution in [-0.2, 0) is 0 Å². The molecular formula is C12H22N2. The molecule has 14 heavy (non-hydrogen) atoms. The van der Waals surface area contributed by atoms with Gasteiger partial charge in [-0.15, -0.1) is 6.58 Å². The van der Waals surface area contributed by atoms with E-state index in [2.05, 4.69) is 16.8 Å². The molecule has 2 rings (SSSR count). The van der Waals surface area contributed by atoms with Crippen LogP contribution in [0.3, 0.4) is 0 Å². The SMILES string of the molecule is C=CCCN(CC1CCCN1)C1CC1. The van der Waals surface area contributed by atoms with Crippen LogP contribution in [0.15, 0.2) is 12.7 Å². The maximum absolute atomic E-state index is 3.80. The highest BCUT2D eigenvalue weighted by atomic mass is 15.2. The summed E-state index contributed by atoms with van der Waals surface area (Å²) in [5.41, 5.74) is 0. The van der Waals surface area contributed by atoms with E-state index in [1.165, 1.54) is 45.3 Å². The third kappa shape index (κ3) is 2.82. The Hall–Kier alpha value is -0.340. The highest BCUT2D eigenvalue weighted by molar-refractivity contribution is 4.89. The summed E-state index contributed by atoms with van der Waals surface area (Å²) in [7, 11) is 0. The monoisotopic (exact) mass is 194 g/mol. The molecule has 1 saturated carbocycles. The van der Waals surface area contributed by atoms with Crippen LogP contribution in [0.4, 0.5) is 0 Å². The number of nitrogens with zero attached hydrogens (tertiary/aromatic N) is 1. The van der Waals surface area contributed by atoms with Gasteiger partial charge in [0.1, 0.15) is 0 Å². The van der Waals surface area contributed by atoms with E-state index in [0.717, 1.165) is 18.5 Å². The molecule has 1 aliphatic carbocycles. The summed E-state index contributed by atoms with van der Waals surface area (Å²) in [5.74, 6) is 0. The highest BCUT2D eigenvalue weighted by Gasteiger charge is 2.30. The summed E-state index contributed by atoms with van der Waals surface area (Å²) in [6.07, 6.45) is 8.76. The van der Waals surface area contributed by atoms with Crippen molar-refractivity contribution >= 4 is 0 Å². The van der Waals surface area contributed by atoms with E-state index in [1.807, 2.05) is 6.08 Å². The summed E-state index contributed by atoms with van der Waals surface area (Å²) in [6.45, 7) is 7.51. The van der Waals surface area contributed by atoms with E-state index in [0.29, 0.717) is 0 Å². The predicted molar refractivity (Wildman–Crippen MR) is 60.4 cm³/mol. The molecule has 1 N–H and O–H groups in total. The van der Waals surface area contributed by atoms with Gasteiger partial charge in [-0.2, -0.15) is 0 Å². The van der Waals surface area contributed by atoms with Crippen molar-refractivity contribution in [1.29, 1.82) is 0 Å². The molecule has 2 fully saturated rings. The zero-order valence-corrected chi connectivity index (χ0v) is 9.04. The summed E-state index contributed by atoms with van der Waals surface area (Å²) < 4.78 is 0. The van der Waals surface area contributed by atoms with Gasteiger partial charge in [-0.3, -0.25) is 4.90 Å². The molecule has 1 atom stereocenters. The molecule has 0 aromatic rings. The van der Waals surface area contributed by atoms with Gasteiger partial charge < -0.3 is 5.32 Å². The first-order valence-corrected chi connectivity index (χ1v) is 5.98. The van der Waals surface area contributed by atoms with E-state index in [9.17, 15) is 0 Å². The van der Waals surface area contributed by atoms with Gasteiger partial charge in [0.15, 0.2) is 0 Å². The van der Waals surface area contributed by atoms with Crippen LogP contribution < -0.4 is 5.32 Å². The Morgan fingerprint density at radius 3 is 2.79 bits per heavy atom. The number of rotatable bonds is 6. The van der Waals surface area contributed by atoms with Crippen molar-refractivity contribution in [2.75, 3.05) is 19.6 Å². The van der Waals surface area contributed by atoms with Gasteiger partial charge in [-0.1, -0.05) is 6.08 Å². The molecule has 2 nitrogen and oxygen atoms in total. The average molecular weight is 194 g/mol. The molecule has 0 bridgehead atoms. The lowest BCUT2D eigenvalue weighted by Gasteiger charge is -2.24. The van der Waals surface area contributed by atoms with Crippen LogP contribution >= 0.6 is 0 Å². The molecule has 1 unspecified atom stereocenters. The Kier molecular flexibility index (Phi) is 3.60. The first kappa shape index (κ1) is 10.2. The van der Waals surface area contributed by atoms with Gasteiger partial charge in [0.25, 0.3) is 0 Å². The van der Waals surface area contributed by atoms with Gasteiger partial charge in [0.2, 0.25) is 0 Å². The molecule has 2 aliphatic rings. The molecule has 80 valence electrons. The maximum Gasteiger partial charge on any atom is 0.0195 e. The number of hydrogen-bond acceptors (Lipinski definition) is 2. The molecule has 2 heteroatoms. The van der Waals surface area contributed by atoms with Crippen molar-refractivity contribution in [1.82, 2.24) is 10.2 Å². The summed E-state index contributed by atoms with van der Waals surface area (Å²) in [6, 6.07) is 1.66. The van der Waals surface area contributed by atoms with E-state index in [1.54, 1.807) is 0 Å². The maximum atomic E-state index is 3.80. The fourth-order valence-corrected chi connectivity index (χ4v) is 2.32. The Balaban J connectivity index is 1.74. The zero-order chi connectivity index (χ0) is 9.80. The van der Waals surface area contributed by atoms with Crippen LogP contribution in [0.5, 0.6) is 0 Å². The fourth-order valence-electron chi connectivity index (χ4n) is 2.32. The van der Waals surface area contributed by atoms with Gasteiger partial charge in [-0.05, 0) is 38.6 Å². The van der Waals surface area contributed by atoms with Crippen LogP contribution in [0.25, 0.3) is 0 Å². The van der Waals surface area contributed by atoms with Crippen molar-refractivity contribution in [3.63, 3.8) is 0 Å². The molecular weight excluding hydrogens is 172 g/mol. The molecule has 0 amide bonds. The Morgan fingerprint density at radius 2 is 2.21 bits per heavy atom. The van der Waals surface area contributed by atoms with E-state index in [-0.39, 0.29) is 0 Å². The lowest BCUT2D eigenvalue weighted by Crippen LogP contribution is -2.39. The van der Waals surface area contributed by atoms with E-state index >= 15 is 0 Å². The Morgan fingerprint density at radius 1 is 1.36 bits per heavy atom. The standard InChI is InChI=1S/C12H22N2/c1-2-3-9-14(12-6-7-12)10-11-5-4-8-13-11/h2,11-13H,1,3-10H2. The lowest BCUT2D eigenvalue weighted by atomic mass is 10.2. The first-order chi connectivity index (χ1) is 6.90. The molecule has 1 saturated heterocycles. The molecule has 1 aliphatic heterocycles. The van der Waals surface area contributed by atoms with Crippen molar-refractivity contribution in [3.8, 4) is 0 Å². The quantitative estimate of drug-likeness (QED) is 0.648. The van der Waals surface area contributed by atoms with Crippen LogP contribution in [0, 0.1) is 0 Å². The minimum absolute atomic E-state index is 0.764. The molecule has 0 aromatic heterocycles. The minimum atomic E-state index is 0.764. The third-order valence-corrected chi connectivity index (χ3v) is 3.30. The Labute approximate surface area is 87.4 Å². The summed E-state index contributed by atoms with van der Waals surface area (Å²) >= 11 is 0. The normalized spacial score (nSPS) is 27.1. The van der Waals surface area contributed by atoms with Crippen molar-refractivity contribution in [2.45, 2.75) is 44.2 Å². The molecule has 1 heterocycles. The smallest absolute Gasteiger partial charge is 0.0195 e. The van der Waals surface area contributed by atoms with Gasteiger partial charge in [-0.25, -0.2) is 0 Å². The van der Waals surface area contributed by atoms with Crippen molar-refractivity contribution in [2.24, 2.45) is 0 Å². The second-order valence-electron chi connectivity index (χ2n) is 4.60. The molecule has 0 radical (unpaired) electrons. The van der Waals surface area contributed by atoms with E-state index in [4.69, 9.17) is 0 Å². The van der Waals surface area contributed by atoms with Crippen molar-refractivity contribution in [3.05, 3.63) is 12.7 Å². The van der Waals surface area contributed by atoms with E-state index < -0.39 is 0 Å². The third-order valence-electron chi connectivity index (χ3n) is 3.30. The second kappa shape index (κ2) is 4.94. The van der Waals surface area contributed by atoms with Gasteiger partial charge in [0.05, 0.1) is 0 Å². The fraction of sp³-hybridized carbons (Fsp3) is 0.833. The van der Waals surface area contributed by atoms with Crippen molar-refractivity contribution < 1.29 is 0 Å². The summed E-state index contributed by atoms with van der Waals surface area (Å²) in [4.78, 5) is 2.66. The lowest BCUT2D eigenvalue weighted by molar-refractivity contribution is 0.244. The number of hydrogen-bond donors (Lipinski definition) is 1. The van der Waals surface area contributed by atoms with Crippen LogP contribution in [-0.4, -0.2) is 36.6 Å². The number of nitrogens with one attached hydrogen (secondary N) is 1. The van der Waals surface area contributed by atoms with Crippen LogP contribution in [0.1, 0.15) is 32.1 Å². The van der Waals surface area contributed by atoms with Gasteiger partial charge >= 0.3 is 0 Å². The molecule has 0 spiro atoms. The zero-order valence-electron chi connectivity index (χ0n) is 9.04. The predicted octanol–water partition coefficient (Wildman–Crippen LogP) is 1.78. The first-order valence-electron chi connectivity index (χ1n) is 5.98. The van der Waals surface area contributed by atoms with Crippen LogP contribution in [0.2, 0.25) is 0 Å². The molecule has 0 aromatic carbocycles. The average Bonchev–Trinajstić information content (AvgIpc) is 2.92. The minimum Gasteiger partial charge on any atom is -0.313 e. The second-order valence-corrected chi connectivity index (χ2v) is 4.60. The van der Waals surface area contributed by atoms with Gasteiger partial charge in [0, 0.05) is 25.2 Å². The summed E-state index contributed by atoms with van der Waals surface area (Å²) in [5, 5.41) is 3.58. The highest BCUT2D eigenvalue weighted by Crippen LogP contribution is 2.27. The Bertz CT molecular complexity index is 181. The topological polar surface area (TPSA) is 15.3 Å². The largest absolute Gasteiger partial charge is 0.313 e.